The molecule has 0 radical (unpaired) electrons. The van der Waals surface area contributed by atoms with Crippen LogP contribution in [0.1, 0.15) is 113 Å². The van der Waals surface area contributed by atoms with E-state index in [0.717, 1.165) is 38.6 Å². The number of carbonyl (C=O) groups is 2. The van der Waals surface area contributed by atoms with E-state index >= 15 is 0 Å². The normalized spacial score (nSPS) is 43.9. The summed E-state index contributed by atoms with van der Waals surface area (Å²) < 4.78 is 14.1. The Morgan fingerprint density at radius 3 is 2.20 bits per heavy atom. The molecule has 1 aromatic rings. The van der Waals surface area contributed by atoms with Crippen LogP contribution in [0.15, 0.2) is 42.7 Å². The minimum Gasteiger partial charge on any atom is -0.465 e. The average molecular weight is 605 g/mol. The lowest BCUT2D eigenvalue weighted by Gasteiger charge is -2.73. The number of nitrogens with zero attached hydrogens (tertiary/aromatic N) is 1. The second-order valence-electron chi connectivity index (χ2n) is 17.1. The van der Waals surface area contributed by atoms with Crippen molar-refractivity contribution in [3.8, 4) is 0 Å². The van der Waals surface area contributed by atoms with Crippen LogP contribution >= 0.6 is 0 Å². The first kappa shape index (κ1) is 31.8. The van der Waals surface area contributed by atoms with Gasteiger partial charge < -0.3 is 9.47 Å². The lowest BCUT2D eigenvalue weighted by atomic mass is 9.32. The smallest absolute Gasteiger partial charge is 0.302 e. The standard InChI is InChI=1S/C39H58NO4/c1-26(24-40-22-10-9-11-23-40)29-14-19-39(25-43-27(2)41)21-20-37(7)30(34(29)39)12-13-32-36(6)17-16-33(44-28(3)42)35(4,5)31(36)15-18-38(32,37)8/h9-11,22-23,29-34H,1,12-21,24-25H2,2-8H3/q+1/t29-,30+,31-,32+,33?,34+,36-,37+,38+,39+/m0/s1. The van der Waals surface area contributed by atoms with Gasteiger partial charge in [0.25, 0.3) is 0 Å². The van der Waals surface area contributed by atoms with Crippen LogP contribution in [-0.4, -0.2) is 24.6 Å². The van der Waals surface area contributed by atoms with Crippen LogP contribution in [0, 0.1) is 56.7 Å². The molecule has 0 amide bonds. The third-order valence-corrected chi connectivity index (χ3v) is 15.1. The van der Waals surface area contributed by atoms with Gasteiger partial charge in [-0.2, -0.15) is 0 Å². The van der Waals surface area contributed by atoms with E-state index in [-0.39, 0.29) is 45.1 Å². The molecular formula is C39H58NO4+. The van der Waals surface area contributed by atoms with Crippen LogP contribution in [0.25, 0.3) is 0 Å². The number of rotatable bonds is 6. The summed E-state index contributed by atoms with van der Waals surface area (Å²) in [6.45, 7) is 22.0. The summed E-state index contributed by atoms with van der Waals surface area (Å²) in [5, 5.41) is 0. The molecule has 0 aliphatic heterocycles. The Morgan fingerprint density at radius 2 is 1.52 bits per heavy atom. The quantitative estimate of drug-likeness (QED) is 0.187. The molecule has 0 bridgehead atoms. The number of hydrogen-bond acceptors (Lipinski definition) is 4. The summed E-state index contributed by atoms with van der Waals surface area (Å²) >= 11 is 0. The summed E-state index contributed by atoms with van der Waals surface area (Å²) in [4.78, 5) is 24.2. The number of hydrogen-bond donors (Lipinski definition) is 0. The van der Waals surface area contributed by atoms with Gasteiger partial charge in [0.1, 0.15) is 6.10 Å². The van der Waals surface area contributed by atoms with E-state index in [2.05, 4.69) is 69.8 Å². The zero-order valence-electron chi connectivity index (χ0n) is 28.6. The van der Waals surface area contributed by atoms with E-state index < -0.39 is 0 Å². The van der Waals surface area contributed by atoms with Gasteiger partial charge in [0.2, 0.25) is 0 Å². The number of fused-ring (bicyclic) bond motifs is 7. The molecule has 6 rings (SSSR count). The van der Waals surface area contributed by atoms with Gasteiger partial charge in [0.05, 0.1) is 6.61 Å². The largest absolute Gasteiger partial charge is 0.465 e. The number of pyridine rings is 1. The molecule has 1 aromatic heterocycles. The van der Waals surface area contributed by atoms with Crippen LogP contribution in [-0.2, 0) is 25.6 Å². The van der Waals surface area contributed by atoms with Crippen molar-refractivity contribution in [3.63, 3.8) is 0 Å². The molecule has 5 saturated carbocycles. The molecule has 10 atom stereocenters. The first-order valence-corrected chi connectivity index (χ1v) is 17.6. The van der Waals surface area contributed by atoms with Crippen LogP contribution < -0.4 is 4.57 Å². The zero-order valence-corrected chi connectivity index (χ0v) is 28.6. The molecule has 5 heteroatoms. The minimum absolute atomic E-state index is 0.0127. The maximum Gasteiger partial charge on any atom is 0.302 e. The van der Waals surface area contributed by atoms with Crippen molar-refractivity contribution in [2.24, 2.45) is 56.7 Å². The van der Waals surface area contributed by atoms with Crippen LogP contribution in [0.2, 0.25) is 0 Å². The molecule has 0 aromatic carbocycles. The molecule has 242 valence electrons. The average Bonchev–Trinajstić information content (AvgIpc) is 3.34. The Kier molecular flexibility index (Phi) is 7.93. The van der Waals surface area contributed by atoms with Gasteiger partial charge in [0.15, 0.2) is 18.9 Å². The van der Waals surface area contributed by atoms with Crippen molar-refractivity contribution >= 4 is 11.9 Å². The number of carbonyl (C=O) groups excluding carboxylic acids is 2. The molecule has 1 unspecified atom stereocenters. The van der Waals surface area contributed by atoms with E-state index in [1.54, 1.807) is 13.8 Å². The predicted molar refractivity (Wildman–Crippen MR) is 172 cm³/mol. The second kappa shape index (κ2) is 11.0. The van der Waals surface area contributed by atoms with Crippen LogP contribution in [0.4, 0.5) is 0 Å². The molecule has 5 nitrogen and oxygen atoms in total. The first-order valence-electron chi connectivity index (χ1n) is 17.6. The van der Waals surface area contributed by atoms with Crippen molar-refractivity contribution in [1.29, 1.82) is 0 Å². The van der Waals surface area contributed by atoms with E-state index in [0.29, 0.717) is 36.2 Å². The maximum absolute atomic E-state index is 12.1. The molecule has 1 heterocycles. The predicted octanol–water partition coefficient (Wildman–Crippen LogP) is 8.11. The Labute approximate surface area is 266 Å². The molecule has 5 aliphatic rings. The molecule has 44 heavy (non-hydrogen) atoms. The van der Waals surface area contributed by atoms with E-state index in [1.807, 2.05) is 0 Å². The molecule has 5 aliphatic carbocycles. The van der Waals surface area contributed by atoms with Gasteiger partial charge in [0, 0.05) is 36.8 Å². The lowest BCUT2D eigenvalue weighted by Crippen LogP contribution is -2.67. The van der Waals surface area contributed by atoms with Gasteiger partial charge in [-0.15, -0.1) is 0 Å². The Balaban J connectivity index is 1.33. The van der Waals surface area contributed by atoms with Gasteiger partial charge in [-0.1, -0.05) is 47.3 Å². The first-order chi connectivity index (χ1) is 20.7. The van der Waals surface area contributed by atoms with Gasteiger partial charge in [-0.3, -0.25) is 9.59 Å². The Morgan fingerprint density at radius 1 is 0.795 bits per heavy atom. The highest BCUT2D eigenvalue weighted by atomic mass is 16.5. The molecule has 5 fully saturated rings. The van der Waals surface area contributed by atoms with E-state index in [1.165, 1.54) is 37.7 Å². The fourth-order valence-electron chi connectivity index (χ4n) is 13.0. The molecule has 0 spiro atoms. The van der Waals surface area contributed by atoms with Crippen molar-refractivity contribution in [3.05, 3.63) is 42.7 Å². The minimum atomic E-state index is -0.150. The van der Waals surface area contributed by atoms with Gasteiger partial charge >= 0.3 is 11.9 Å². The Bertz CT molecular complexity index is 1290. The van der Waals surface area contributed by atoms with Crippen molar-refractivity contribution in [2.45, 2.75) is 125 Å². The fraction of sp³-hybridized carbons (Fsp3) is 0.769. The van der Waals surface area contributed by atoms with E-state index in [4.69, 9.17) is 16.1 Å². The highest BCUT2D eigenvalue weighted by Gasteiger charge is 2.71. The van der Waals surface area contributed by atoms with Gasteiger partial charge in [-0.05, 0) is 116 Å². The van der Waals surface area contributed by atoms with Crippen molar-refractivity contribution < 1.29 is 23.6 Å². The fourth-order valence-corrected chi connectivity index (χ4v) is 13.0. The number of allylic oxidation sites excluding steroid dienone is 1. The topological polar surface area (TPSA) is 56.5 Å². The molecule has 0 N–H and O–H groups in total. The highest BCUT2D eigenvalue weighted by Crippen LogP contribution is 2.77. The van der Waals surface area contributed by atoms with E-state index in [9.17, 15) is 9.59 Å². The number of ether oxygens (including phenoxy) is 2. The highest BCUT2D eigenvalue weighted by molar-refractivity contribution is 5.66. The third-order valence-electron chi connectivity index (χ3n) is 15.1. The van der Waals surface area contributed by atoms with Crippen molar-refractivity contribution in [2.75, 3.05) is 6.61 Å². The summed E-state index contributed by atoms with van der Waals surface area (Å²) in [7, 11) is 0. The van der Waals surface area contributed by atoms with Crippen LogP contribution in [0.5, 0.6) is 0 Å². The zero-order chi connectivity index (χ0) is 31.7. The summed E-state index contributed by atoms with van der Waals surface area (Å²) in [6, 6.07) is 6.28. The monoisotopic (exact) mass is 604 g/mol. The van der Waals surface area contributed by atoms with Crippen molar-refractivity contribution in [1.82, 2.24) is 0 Å². The molecule has 0 saturated heterocycles. The summed E-state index contributed by atoms with van der Waals surface area (Å²) in [6.07, 6.45) is 16.1. The lowest BCUT2D eigenvalue weighted by molar-refractivity contribution is -0.689. The third kappa shape index (κ3) is 4.72. The molecular weight excluding hydrogens is 546 g/mol. The Hall–Kier alpha value is -2.17. The number of esters is 2. The second-order valence-corrected chi connectivity index (χ2v) is 17.1. The number of aromatic nitrogens is 1. The maximum atomic E-state index is 12.1. The summed E-state index contributed by atoms with van der Waals surface area (Å²) in [5.41, 5.74) is 2.10. The van der Waals surface area contributed by atoms with Crippen LogP contribution in [0.3, 0.4) is 0 Å². The summed E-state index contributed by atoms with van der Waals surface area (Å²) in [5.74, 6) is 2.48. The van der Waals surface area contributed by atoms with Gasteiger partial charge in [-0.25, -0.2) is 4.57 Å². The SMILES string of the molecule is C=C(C[n+]1ccccc1)[C@@H]1CC[C@]2(COC(C)=O)CC[C@]3(C)[C@H](CC[C@@H]4[C@@]5(C)CCC(OC(C)=O)C(C)(C)[C@@H]5CC[C@]43C)[C@@H]12.